The van der Waals surface area contributed by atoms with E-state index in [1.807, 2.05) is 12.1 Å². The van der Waals surface area contributed by atoms with E-state index in [2.05, 4.69) is 51.7 Å². The monoisotopic (exact) mass is 326 g/mol. The molecule has 0 radical (unpaired) electrons. The summed E-state index contributed by atoms with van der Waals surface area (Å²) in [6, 6.07) is 12.8. The number of guanidine groups is 1. The Morgan fingerprint density at radius 1 is 1.25 bits per heavy atom. The number of furan rings is 1. The molecule has 1 saturated heterocycles. The maximum Gasteiger partial charge on any atom is 0.191 e. The van der Waals surface area contributed by atoms with E-state index in [4.69, 9.17) is 4.42 Å². The largest absolute Gasteiger partial charge is 0.467 e. The van der Waals surface area contributed by atoms with Crippen LogP contribution < -0.4 is 15.5 Å². The number of rotatable bonds is 5. The average Bonchev–Trinajstić information content (AvgIpc) is 3.32. The Morgan fingerprint density at radius 2 is 2.08 bits per heavy atom. The quantitative estimate of drug-likeness (QED) is 0.654. The van der Waals surface area contributed by atoms with Gasteiger partial charge < -0.3 is 20.0 Å². The number of anilines is 1. The molecule has 1 aliphatic heterocycles. The Kier molecular flexibility index (Phi) is 5.41. The highest BCUT2D eigenvalue weighted by Gasteiger charge is 2.14. The van der Waals surface area contributed by atoms with Crippen LogP contribution >= 0.6 is 0 Å². The van der Waals surface area contributed by atoms with Gasteiger partial charge in [0.05, 0.1) is 18.8 Å². The molecule has 0 spiro atoms. The molecular formula is C19H26N4O. The summed E-state index contributed by atoms with van der Waals surface area (Å²) in [5.41, 5.74) is 2.58. The van der Waals surface area contributed by atoms with Gasteiger partial charge in [-0.1, -0.05) is 12.1 Å². The normalized spacial score (nSPS) is 16.2. The van der Waals surface area contributed by atoms with Crippen LogP contribution in [0.2, 0.25) is 0 Å². The summed E-state index contributed by atoms with van der Waals surface area (Å²) in [6.07, 6.45) is 4.27. The molecule has 0 aliphatic carbocycles. The van der Waals surface area contributed by atoms with E-state index in [1.54, 1.807) is 13.3 Å². The Labute approximate surface area is 143 Å². The molecule has 1 unspecified atom stereocenters. The molecule has 5 heteroatoms. The van der Waals surface area contributed by atoms with Crippen molar-refractivity contribution in [2.45, 2.75) is 32.4 Å². The SMILES string of the molecule is CN=C(NCc1ccco1)NC(C)c1cccc(N2CCCC2)c1. The van der Waals surface area contributed by atoms with Crippen molar-refractivity contribution >= 4 is 11.6 Å². The number of hydrogen-bond donors (Lipinski definition) is 2. The topological polar surface area (TPSA) is 52.8 Å². The van der Waals surface area contributed by atoms with Crippen LogP contribution in [0.25, 0.3) is 0 Å². The fourth-order valence-electron chi connectivity index (χ4n) is 3.03. The summed E-state index contributed by atoms with van der Waals surface area (Å²) in [7, 11) is 1.78. The Bertz CT molecular complexity index is 660. The lowest BCUT2D eigenvalue weighted by atomic mass is 10.1. The average molecular weight is 326 g/mol. The molecule has 2 N–H and O–H groups in total. The van der Waals surface area contributed by atoms with E-state index < -0.39 is 0 Å². The van der Waals surface area contributed by atoms with Crippen molar-refractivity contribution in [1.29, 1.82) is 0 Å². The van der Waals surface area contributed by atoms with Crippen LogP contribution in [0.4, 0.5) is 5.69 Å². The van der Waals surface area contributed by atoms with Crippen molar-refractivity contribution in [3.05, 3.63) is 54.0 Å². The van der Waals surface area contributed by atoms with Gasteiger partial charge in [0.1, 0.15) is 5.76 Å². The molecule has 0 amide bonds. The van der Waals surface area contributed by atoms with Crippen LogP contribution in [0.5, 0.6) is 0 Å². The molecule has 5 nitrogen and oxygen atoms in total. The third-order valence-corrected chi connectivity index (χ3v) is 4.43. The zero-order valence-electron chi connectivity index (χ0n) is 14.5. The highest BCUT2D eigenvalue weighted by Crippen LogP contribution is 2.23. The summed E-state index contributed by atoms with van der Waals surface area (Å²) < 4.78 is 5.34. The molecule has 3 rings (SSSR count). The van der Waals surface area contributed by atoms with Gasteiger partial charge in [-0.25, -0.2) is 0 Å². The molecule has 24 heavy (non-hydrogen) atoms. The number of hydrogen-bond acceptors (Lipinski definition) is 3. The number of nitrogens with one attached hydrogen (secondary N) is 2. The van der Waals surface area contributed by atoms with Gasteiger partial charge in [-0.2, -0.15) is 0 Å². The van der Waals surface area contributed by atoms with E-state index >= 15 is 0 Å². The highest BCUT2D eigenvalue weighted by atomic mass is 16.3. The molecule has 2 heterocycles. The minimum atomic E-state index is 0.176. The molecule has 1 aliphatic rings. The van der Waals surface area contributed by atoms with Gasteiger partial charge in [0.2, 0.25) is 0 Å². The molecule has 0 bridgehead atoms. The smallest absolute Gasteiger partial charge is 0.191 e. The maximum atomic E-state index is 5.34. The van der Waals surface area contributed by atoms with E-state index in [-0.39, 0.29) is 6.04 Å². The molecule has 1 aromatic heterocycles. The van der Waals surface area contributed by atoms with Crippen molar-refractivity contribution in [2.24, 2.45) is 4.99 Å². The van der Waals surface area contributed by atoms with Gasteiger partial charge in [0, 0.05) is 25.8 Å². The zero-order chi connectivity index (χ0) is 16.8. The summed E-state index contributed by atoms with van der Waals surface area (Å²) in [6.45, 7) is 5.10. The lowest BCUT2D eigenvalue weighted by Gasteiger charge is -2.22. The predicted octanol–water partition coefficient (Wildman–Crippen LogP) is 3.31. The fourth-order valence-corrected chi connectivity index (χ4v) is 3.03. The van der Waals surface area contributed by atoms with Crippen molar-refractivity contribution in [1.82, 2.24) is 10.6 Å². The summed E-state index contributed by atoms with van der Waals surface area (Å²) >= 11 is 0. The summed E-state index contributed by atoms with van der Waals surface area (Å²) in [5, 5.41) is 6.72. The lowest BCUT2D eigenvalue weighted by Crippen LogP contribution is -2.38. The van der Waals surface area contributed by atoms with Gasteiger partial charge >= 0.3 is 0 Å². The second-order valence-corrected chi connectivity index (χ2v) is 6.16. The molecule has 0 saturated carbocycles. The van der Waals surface area contributed by atoms with E-state index in [9.17, 15) is 0 Å². The van der Waals surface area contributed by atoms with Crippen LogP contribution in [-0.4, -0.2) is 26.1 Å². The van der Waals surface area contributed by atoms with Crippen molar-refractivity contribution in [3.63, 3.8) is 0 Å². The molecule has 1 atom stereocenters. The van der Waals surface area contributed by atoms with Crippen LogP contribution in [0.3, 0.4) is 0 Å². The minimum absolute atomic E-state index is 0.176. The minimum Gasteiger partial charge on any atom is -0.467 e. The fraction of sp³-hybridized carbons (Fsp3) is 0.421. The molecule has 1 fully saturated rings. The van der Waals surface area contributed by atoms with E-state index in [0.717, 1.165) is 24.8 Å². The Morgan fingerprint density at radius 3 is 2.79 bits per heavy atom. The first-order chi connectivity index (χ1) is 11.8. The van der Waals surface area contributed by atoms with Crippen LogP contribution in [-0.2, 0) is 6.54 Å². The van der Waals surface area contributed by atoms with E-state index in [1.165, 1.54) is 24.1 Å². The van der Waals surface area contributed by atoms with Gasteiger partial charge in [0.25, 0.3) is 0 Å². The van der Waals surface area contributed by atoms with Crippen molar-refractivity contribution in [2.75, 3.05) is 25.0 Å². The summed E-state index contributed by atoms with van der Waals surface area (Å²) in [5.74, 6) is 1.66. The third kappa shape index (κ3) is 4.10. The van der Waals surface area contributed by atoms with E-state index in [0.29, 0.717) is 6.54 Å². The van der Waals surface area contributed by atoms with Crippen LogP contribution in [0.15, 0.2) is 52.1 Å². The molecule has 2 aromatic rings. The molecular weight excluding hydrogens is 300 g/mol. The predicted molar refractivity (Wildman–Crippen MR) is 98.3 cm³/mol. The van der Waals surface area contributed by atoms with Crippen LogP contribution in [0, 0.1) is 0 Å². The Hall–Kier alpha value is -2.43. The first-order valence-electron chi connectivity index (χ1n) is 8.61. The lowest BCUT2D eigenvalue weighted by molar-refractivity contribution is 0.500. The Balaban J connectivity index is 1.60. The number of aliphatic imine (C=N–C) groups is 1. The zero-order valence-corrected chi connectivity index (χ0v) is 14.5. The molecule has 128 valence electrons. The maximum absolute atomic E-state index is 5.34. The molecule has 1 aromatic carbocycles. The third-order valence-electron chi connectivity index (χ3n) is 4.43. The van der Waals surface area contributed by atoms with Gasteiger partial charge in [-0.15, -0.1) is 0 Å². The first-order valence-corrected chi connectivity index (χ1v) is 8.61. The van der Waals surface area contributed by atoms with Crippen molar-refractivity contribution < 1.29 is 4.42 Å². The standard InChI is InChI=1S/C19H26N4O/c1-15(22-19(20-2)21-14-18-9-6-12-24-18)16-7-5-8-17(13-16)23-10-3-4-11-23/h5-9,12-13,15H,3-4,10-11,14H2,1-2H3,(H2,20,21,22). The van der Waals surface area contributed by atoms with Crippen molar-refractivity contribution in [3.8, 4) is 0 Å². The second-order valence-electron chi connectivity index (χ2n) is 6.16. The number of nitrogens with zero attached hydrogens (tertiary/aromatic N) is 2. The first kappa shape index (κ1) is 16.4. The van der Waals surface area contributed by atoms with Crippen LogP contribution in [0.1, 0.15) is 37.1 Å². The van der Waals surface area contributed by atoms with Gasteiger partial charge in [-0.3, -0.25) is 4.99 Å². The second kappa shape index (κ2) is 7.90. The highest BCUT2D eigenvalue weighted by molar-refractivity contribution is 5.80. The summed E-state index contributed by atoms with van der Waals surface area (Å²) in [4.78, 5) is 6.75. The van der Waals surface area contributed by atoms with Gasteiger partial charge in [-0.05, 0) is 49.6 Å². The van der Waals surface area contributed by atoms with Gasteiger partial charge in [0.15, 0.2) is 5.96 Å². The number of benzene rings is 1.